The summed E-state index contributed by atoms with van der Waals surface area (Å²) in [6.07, 6.45) is 2.52. The minimum Gasteiger partial charge on any atom is -0.487 e. The van der Waals surface area contributed by atoms with Gasteiger partial charge in [-0.05, 0) is 71.2 Å². The summed E-state index contributed by atoms with van der Waals surface area (Å²) in [4.78, 5) is 2.22. The number of fused-ring (bicyclic) bond motifs is 1. The first-order valence-electron chi connectivity index (χ1n) is 7.54. The van der Waals surface area contributed by atoms with Gasteiger partial charge < -0.3 is 20.3 Å². The quantitative estimate of drug-likeness (QED) is 0.747. The van der Waals surface area contributed by atoms with Crippen molar-refractivity contribution in [2.45, 2.75) is 25.9 Å². The first kappa shape index (κ1) is 15.1. The van der Waals surface area contributed by atoms with Crippen LogP contribution in [0.5, 0.6) is 5.75 Å². The molecule has 0 saturated heterocycles. The standard InChI is InChI=1S/C16H27N3O/c1-13-12-18-15-11-14(5-6-16(15)20-13)7-9-17-8-4-10-19(2)3/h5-6,11,13,17-18H,4,7-10,12H2,1-3H3. The van der Waals surface area contributed by atoms with E-state index in [1.807, 2.05) is 0 Å². The summed E-state index contributed by atoms with van der Waals surface area (Å²) in [6.45, 7) is 6.23. The molecule has 0 spiro atoms. The Hall–Kier alpha value is -1.26. The average molecular weight is 277 g/mol. The highest BCUT2D eigenvalue weighted by molar-refractivity contribution is 5.59. The van der Waals surface area contributed by atoms with Gasteiger partial charge in [0.15, 0.2) is 0 Å². The van der Waals surface area contributed by atoms with Crippen molar-refractivity contribution < 1.29 is 4.74 Å². The lowest BCUT2D eigenvalue weighted by Gasteiger charge is -2.25. The van der Waals surface area contributed by atoms with Gasteiger partial charge in [0.1, 0.15) is 11.9 Å². The smallest absolute Gasteiger partial charge is 0.142 e. The van der Waals surface area contributed by atoms with Gasteiger partial charge in [0.05, 0.1) is 12.2 Å². The van der Waals surface area contributed by atoms with Crippen LogP contribution in [0.2, 0.25) is 0 Å². The fourth-order valence-corrected chi connectivity index (χ4v) is 2.36. The van der Waals surface area contributed by atoms with Crippen LogP contribution in [0.25, 0.3) is 0 Å². The number of hydrogen-bond donors (Lipinski definition) is 2. The van der Waals surface area contributed by atoms with E-state index in [1.165, 1.54) is 12.0 Å². The number of benzene rings is 1. The van der Waals surface area contributed by atoms with Crippen molar-refractivity contribution in [3.8, 4) is 5.75 Å². The molecular formula is C16H27N3O. The minimum atomic E-state index is 0.256. The lowest BCUT2D eigenvalue weighted by atomic mass is 10.1. The Bertz CT molecular complexity index is 420. The van der Waals surface area contributed by atoms with Gasteiger partial charge in [-0.15, -0.1) is 0 Å². The van der Waals surface area contributed by atoms with E-state index in [0.29, 0.717) is 0 Å². The fraction of sp³-hybridized carbons (Fsp3) is 0.625. The molecule has 0 fully saturated rings. The van der Waals surface area contributed by atoms with Gasteiger partial charge >= 0.3 is 0 Å². The van der Waals surface area contributed by atoms with E-state index in [0.717, 1.165) is 44.0 Å². The molecule has 1 aliphatic rings. The van der Waals surface area contributed by atoms with Crippen molar-refractivity contribution in [3.05, 3.63) is 23.8 Å². The normalized spacial score (nSPS) is 17.5. The molecule has 1 heterocycles. The number of ether oxygens (including phenoxy) is 1. The molecule has 0 saturated carbocycles. The van der Waals surface area contributed by atoms with E-state index >= 15 is 0 Å². The lowest BCUT2D eigenvalue weighted by molar-refractivity contribution is 0.226. The Morgan fingerprint density at radius 1 is 1.35 bits per heavy atom. The van der Waals surface area contributed by atoms with Crippen molar-refractivity contribution in [2.75, 3.05) is 45.6 Å². The number of hydrogen-bond acceptors (Lipinski definition) is 4. The van der Waals surface area contributed by atoms with E-state index in [4.69, 9.17) is 4.74 Å². The second-order valence-corrected chi connectivity index (χ2v) is 5.80. The molecule has 4 nitrogen and oxygen atoms in total. The van der Waals surface area contributed by atoms with E-state index in [1.54, 1.807) is 0 Å². The monoisotopic (exact) mass is 277 g/mol. The van der Waals surface area contributed by atoms with Crippen molar-refractivity contribution in [2.24, 2.45) is 0 Å². The highest BCUT2D eigenvalue weighted by Crippen LogP contribution is 2.29. The van der Waals surface area contributed by atoms with Gasteiger partial charge in [-0.25, -0.2) is 0 Å². The summed E-state index contributed by atoms with van der Waals surface area (Å²) < 4.78 is 5.78. The molecule has 2 rings (SSSR count). The van der Waals surface area contributed by atoms with Crippen molar-refractivity contribution >= 4 is 5.69 Å². The average Bonchev–Trinajstić information content (AvgIpc) is 2.42. The predicted octanol–water partition coefficient (Wildman–Crippen LogP) is 1.96. The van der Waals surface area contributed by atoms with Crippen LogP contribution >= 0.6 is 0 Å². The molecule has 1 aromatic carbocycles. The highest BCUT2D eigenvalue weighted by Gasteiger charge is 2.15. The van der Waals surface area contributed by atoms with Gasteiger partial charge in [-0.1, -0.05) is 6.07 Å². The number of nitrogens with one attached hydrogen (secondary N) is 2. The number of anilines is 1. The summed E-state index contributed by atoms with van der Waals surface area (Å²) in [5, 5.41) is 6.92. The first-order chi connectivity index (χ1) is 9.65. The molecule has 1 atom stereocenters. The van der Waals surface area contributed by atoms with E-state index in [-0.39, 0.29) is 6.10 Å². The van der Waals surface area contributed by atoms with Gasteiger partial charge in [0, 0.05) is 0 Å². The third-order valence-corrected chi connectivity index (χ3v) is 3.50. The molecule has 20 heavy (non-hydrogen) atoms. The SMILES string of the molecule is CC1CNc2cc(CCNCCCN(C)C)ccc2O1. The van der Waals surface area contributed by atoms with E-state index in [9.17, 15) is 0 Å². The maximum atomic E-state index is 5.78. The van der Waals surface area contributed by atoms with E-state index in [2.05, 4.69) is 54.8 Å². The predicted molar refractivity (Wildman–Crippen MR) is 84.8 cm³/mol. The van der Waals surface area contributed by atoms with Gasteiger partial charge in [0.2, 0.25) is 0 Å². The largest absolute Gasteiger partial charge is 0.487 e. The van der Waals surface area contributed by atoms with Gasteiger partial charge in [0.25, 0.3) is 0 Å². The Labute approximate surface area is 122 Å². The summed E-state index contributed by atoms with van der Waals surface area (Å²) >= 11 is 0. The van der Waals surface area contributed by atoms with Crippen LogP contribution in [0.15, 0.2) is 18.2 Å². The lowest BCUT2D eigenvalue weighted by Crippen LogP contribution is -2.27. The van der Waals surface area contributed by atoms with Crippen LogP contribution < -0.4 is 15.4 Å². The molecule has 4 heteroatoms. The molecular weight excluding hydrogens is 250 g/mol. The van der Waals surface area contributed by atoms with Gasteiger partial charge in [-0.2, -0.15) is 0 Å². The maximum absolute atomic E-state index is 5.78. The first-order valence-corrected chi connectivity index (χ1v) is 7.54. The third-order valence-electron chi connectivity index (χ3n) is 3.50. The van der Waals surface area contributed by atoms with Crippen LogP contribution in [0.4, 0.5) is 5.69 Å². The Morgan fingerprint density at radius 2 is 2.20 bits per heavy atom. The summed E-state index contributed by atoms with van der Waals surface area (Å²) in [7, 11) is 4.23. The molecule has 0 amide bonds. The van der Waals surface area contributed by atoms with Crippen molar-refractivity contribution in [1.82, 2.24) is 10.2 Å². The summed E-state index contributed by atoms with van der Waals surface area (Å²) in [6, 6.07) is 6.46. The second-order valence-electron chi connectivity index (χ2n) is 5.80. The minimum absolute atomic E-state index is 0.256. The van der Waals surface area contributed by atoms with Crippen LogP contribution in [-0.2, 0) is 6.42 Å². The van der Waals surface area contributed by atoms with E-state index < -0.39 is 0 Å². The zero-order valence-electron chi connectivity index (χ0n) is 12.9. The van der Waals surface area contributed by atoms with Crippen molar-refractivity contribution in [3.63, 3.8) is 0 Å². The summed E-state index contributed by atoms with van der Waals surface area (Å²) in [5.74, 6) is 0.978. The zero-order valence-corrected chi connectivity index (χ0v) is 12.9. The number of rotatable bonds is 7. The molecule has 1 aliphatic heterocycles. The van der Waals surface area contributed by atoms with Crippen LogP contribution in [-0.4, -0.2) is 51.3 Å². The topological polar surface area (TPSA) is 36.5 Å². The highest BCUT2D eigenvalue weighted by atomic mass is 16.5. The molecule has 0 bridgehead atoms. The number of nitrogens with zero attached hydrogens (tertiary/aromatic N) is 1. The molecule has 112 valence electrons. The third kappa shape index (κ3) is 4.69. The van der Waals surface area contributed by atoms with Crippen LogP contribution in [0.1, 0.15) is 18.9 Å². The molecule has 0 radical (unpaired) electrons. The van der Waals surface area contributed by atoms with Gasteiger partial charge in [-0.3, -0.25) is 0 Å². The van der Waals surface area contributed by atoms with Crippen LogP contribution in [0, 0.1) is 0 Å². The zero-order chi connectivity index (χ0) is 14.4. The molecule has 1 unspecified atom stereocenters. The fourth-order valence-electron chi connectivity index (χ4n) is 2.36. The molecule has 0 aromatic heterocycles. The van der Waals surface area contributed by atoms with Crippen LogP contribution in [0.3, 0.4) is 0 Å². The Kier molecular flexibility index (Phi) is 5.68. The summed E-state index contributed by atoms with van der Waals surface area (Å²) in [5.41, 5.74) is 2.49. The Balaban J connectivity index is 1.71. The van der Waals surface area contributed by atoms with Crippen molar-refractivity contribution in [1.29, 1.82) is 0 Å². The maximum Gasteiger partial charge on any atom is 0.142 e. The second kappa shape index (κ2) is 7.50. The molecule has 0 aliphatic carbocycles. The molecule has 1 aromatic rings. The molecule has 2 N–H and O–H groups in total. The Morgan fingerprint density at radius 3 is 3.00 bits per heavy atom.